The summed E-state index contributed by atoms with van der Waals surface area (Å²) in [5, 5.41) is 3.24. The van der Waals surface area contributed by atoms with E-state index in [0.717, 1.165) is 71.7 Å². The average molecular weight is 599 g/mol. The number of pyridine rings is 1. The van der Waals surface area contributed by atoms with Crippen LogP contribution in [-0.2, 0) is 6.54 Å². The number of thiophene rings is 1. The fourth-order valence-electron chi connectivity index (χ4n) is 5.52. The molecule has 0 bridgehead atoms. The molecular formula is C31H33ClF2N4O2S. The standard InChI is InChI=1S/C31H33ClF2N4O2S/c1-35-21-6-8-22(9-7-21)38(31(39)30-28(32)27-23(33)10-11-24(34)29(27)41-30)17-20-15-18(5-12-25(20)40-4)19-13-14-36-26(16-19)37(2)3/h5,10-16,21-22,35H,6-9,17H2,1-4H3/t21-,22-. The summed E-state index contributed by atoms with van der Waals surface area (Å²) in [7, 11) is 7.43. The van der Waals surface area contributed by atoms with Crippen molar-refractivity contribution >= 4 is 44.7 Å². The highest BCUT2D eigenvalue weighted by Gasteiger charge is 2.33. The number of ether oxygens (including phenoxy) is 1. The second kappa shape index (κ2) is 12.3. The molecule has 4 aromatic rings. The number of hydrogen-bond acceptors (Lipinski definition) is 6. The third-order valence-corrected chi connectivity index (χ3v) is 9.52. The van der Waals surface area contributed by atoms with Gasteiger partial charge in [-0.2, -0.15) is 0 Å². The summed E-state index contributed by atoms with van der Waals surface area (Å²) in [6.07, 6.45) is 5.18. The van der Waals surface area contributed by atoms with Gasteiger partial charge in [-0.05, 0) is 80.3 Å². The number of nitrogens with zero attached hydrogens (tertiary/aromatic N) is 3. The maximum Gasteiger partial charge on any atom is 0.266 e. The summed E-state index contributed by atoms with van der Waals surface area (Å²) >= 11 is 7.48. The van der Waals surface area contributed by atoms with Gasteiger partial charge in [0.25, 0.3) is 5.91 Å². The number of nitrogens with one attached hydrogen (secondary N) is 1. The van der Waals surface area contributed by atoms with Crippen molar-refractivity contribution in [3.8, 4) is 16.9 Å². The van der Waals surface area contributed by atoms with E-state index in [1.165, 1.54) is 0 Å². The highest BCUT2D eigenvalue weighted by Crippen LogP contribution is 2.40. The quantitative estimate of drug-likeness (QED) is 0.234. The van der Waals surface area contributed by atoms with Gasteiger partial charge < -0.3 is 19.9 Å². The first-order valence-corrected chi connectivity index (χ1v) is 14.8. The molecule has 1 aliphatic rings. The highest BCUT2D eigenvalue weighted by molar-refractivity contribution is 7.21. The van der Waals surface area contributed by atoms with Gasteiger partial charge in [0.2, 0.25) is 0 Å². The van der Waals surface area contributed by atoms with Crippen LogP contribution in [0.1, 0.15) is 40.9 Å². The van der Waals surface area contributed by atoms with Gasteiger partial charge in [-0.3, -0.25) is 4.79 Å². The minimum absolute atomic E-state index is 0.0466. The van der Waals surface area contributed by atoms with Crippen LogP contribution in [0.2, 0.25) is 5.02 Å². The van der Waals surface area contributed by atoms with E-state index in [0.29, 0.717) is 11.8 Å². The summed E-state index contributed by atoms with van der Waals surface area (Å²) in [5.41, 5.74) is 2.77. The van der Waals surface area contributed by atoms with E-state index in [-0.39, 0.29) is 38.5 Å². The Morgan fingerprint density at radius 1 is 1.07 bits per heavy atom. The third-order valence-electron chi connectivity index (χ3n) is 7.84. The lowest BCUT2D eigenvalue weighted by Crippen LogP contribution is -2.44. The number of halogens is 3. The minimum atomic E-state index is -0.647. The zero-order chi connectivity index (χ0) is 29.3. The van der Waals surface area contributed by atoms with Crippen LogP contribution in [-0.4, -0.2) is 56.1 Å². The van der Waals surface area contributed by atoms with E-state index in [2.05, 4.69) is 10.3 Å². The number of carbonyl (C=O) groups excluding carboxylic acids is 1. The molecule has 2 aromatic carbocycles. The Labute approximate surface area is 247 Å². The zero-order valence-electron chi connectivity index (χ0n) is 23.5. The van der Waals surface area contributed by atoms with Crippen molar-refractivity contribution in [3.63, 3.8) is 0 Å². The van der Waals surface area contributed by atoms with Crippen molar-refractivity contribution in [2.45, 2.75) is 44.3 Å². The Morgan fingerprint density at radius 2 is 1.78 bits per heavy atom. The molecule has 5 rings (SSSR count). The first kappa shape index (κ1) is 29.2. The van der Waals surface area contributed by atoms with Gasteiger partial charge in [0.1, 0.15) is 28.1 Å². The first-order valence-electron chi connectivity index (χ1n) is 13.6. The Kier molecular flexibility index (Phi) is 8.77. The number of anilines is 1. The number of methoxy groups -OCH3 is 1. The minimum Gasteiger partial charge on any atom is -0.496 e. The summed E-state index contributed by atoms with van der Waals surface area (Å²) in [6.45, 7) is 0.256. The zero-order valence-corrected chi connectivity index (χ0v) is 25.1. The molecule has 0 atom stereocenters. The number of aromatic nitrogens is 1. The highest BCUT2D eigenvalue weighted by atomic mass is 35.5. The Bertz CT molecular complexity index is 1570. The Morgan fingerprint density at radius 3 is 2.44 bits per heavy atom. The van der Waals surface area contributed by atoms with E-state index in [9.17, 15) is 13.6 Å². The van der Waals surface area contributed by atoms with Gasteiger partial charge in [0.05, 0.1) is 22.2 Å². The van der Waals surface area contributed by atoms with Gasteiger partial charge in [-0.1, -0.05) is 17.7 Å². The van der Waals surface area contributed by atoms with Crippen molar-refractivity contribution in [1.29, 1.82) is 0 Å². The molecule has 1 fully saturated rings. The summed E-state index contributed by atoms with van der Waals surface area (Å²) in [6, 6.07) is 12.3. The Balaban J connectivity index is 1.56. The first-order chi connectivity index (χ1) is 19.7. The lowest BCUT2D eigenvalue weighted by Gasteiger charge is -2.37. The fourth-order valence-corrected chi connectivity index (χ4v) is 7.02. The molecule has 1 saturated carbocycles. The Hall–Kier alpha value is -3.27. The molecule has 1 aliphatic carbocycles. The van der Waals surface area contributed by atoms with Gasteiger partial charge in [0, 0.05) is 44.5 Å². The van der Waals surface area contributed by atoms with E-state index < -0.39 is 11.6 Å². The number of benzene rings is 2. The fraction of sp³-hybridized carbons (Fsp3) is 0.355. The second-order valence-corrected chi connectivity index (χ2v) is 11.9. The predicted molar refractivity (Wildman–Crippen MR) is 162 cm³/mol. The third kappa shape index (κ3) is 5.89. The molecule has 2 heterocycles. The van der Waals surface area contributed by atoms with E-state index in [1.54, 1.807) is 18.2 Å². The summed E-state index contributed by atoms with van der Waals surface area (Å²) in [5.74, 6) is -0.105. The number of amides is 1. The van der Waals surface area contributed by atoms with Gasteiger partial charge in [-0.15, -0.1) is 11.3 Å². The maximum atomic E-state index is 14.7. The van der Waals surface area contributed by atoms with Crippen LogP contribution in [0.25, 0.3) is 21.2 Å². The van der Waals surface area contributed by atoms with Crippen molar-refractivity contribution in [2.24, 2.45) is 0 Å². The summed E-state index contributed by atoms with van der Waals surface area (Å²) < 4.78 is 35.1. The molecule has 1 amide bonds. The molecule has 10 heteroatoms. The monoisotopic (exact) mass is 598 g/mol. The van der Waals surface area contributed by atoms with Crippen LogP contribution in [0.3, 0.4) is 0 Å². The van der Waals surface area contributed by atoms with Crippen LogP contribution < -0.4 is 15.0 Å². The van der Waals surface area contributed by atoms with Crippen molar-refractivity contribution in [1.82, 2.24) is 15.2 Å². The van der Waals surface area contributed by atoms with Crippen LogP contribution in [0.5, 0.6) is 5.75 Å². The van der Waals surface area contributed by atoms with Gasteiger partial charge >= 0.3 is 0 Å². The topological polar surface area (TPSA) is 57.7 Å². The molecule has 0 aliphatic heterocycles. The SMILES string of the molecule is CN[C@H]1CC[C@H](N(Cc2cc(-c3ccnc(N(C)C)c3)ccc2OC)C(=O)c2sc3c(F)ccc(F)c3c2Cl)CC1. The lowest BCUT2D eigenvalue weighted by molar-refractivity contribution is 0.0604. The van der Waals surface area contributed by atoms with Crippen molar-refractivity contribution in [3.05, 3.63) is 75.8 Å². The molecule has 1 N–H and O–H groups in total. The molecule has 0 unspecified atom stereocenters. The number of hydrogen-bond donors (Lipinski definition) is 1. The van der Waals surface area contributed by atoms with Crippen LogP contribution in [0.4, 0.5) is 14.6 Å². The number of fused-ring (bicyclic) bond motifs is 1. The van der Waals surface area contributed by atoms with Crippen LogP contribution in [0.15, 0.2) is 48.7 Å². The lowest BCUT2D eigenvalue weighted by atomic mass is 9.89. The molecule has 0 saturated heterocycles. The number of carbonyl (C=O) groups is 1. The molecule has 2 aromatic heterocycles. The second-order valence-electron chi connectivity index (χ2n) is 10.5. The van der Waals surface area contributed by atoms with E-state index >= 15 is 0 Å². The van der Waals surface area contributed by atoms with Crippen molar-refractivity contribution in [2.75, 3.05) is 33.2 Å². The molecule has 6 nitrogen and oxygen atoms in total. The largest absolute Gasteiger partial charge is 0.496 e. The molecule has 0 spiro atoms. The molecule has 41 heavy (non-hydrogen) atoms. The summed E-state index contributed by atoms with van der Waals surface area (Å²) in [4.78, 5) is 22.5. The molecule has 216 valence electrons. The van der Waals surface area contributed by atoms with Gasteiger partial charge in [-0.25, -0.2) is 13.8 Å². The van der Waals surface area contributed by atoms with E-state index in [4.69, 9.17) is 16.3 Å². The number of rotatable bonds is 8. The average Bonchev–Trinajstić information content (AvgIpc) is 3.35. The van der Waals surface area contributed by atoms with Crippen molar-refractivity contribution < 1.29 is 18.3 Å². The van der Waals surface area contributed by atoms with Crippen LogP contribution in [0, 0.1) is 11.6 Å². The van der Waals surface area contributed by atoms with Crippen LogP contribution >= 0.6 is 22.9 Å². The maximum absolute atomic E-state index is 14.7. The molecule has 0 radical (unpaired) electrons. The smallest absolute Gasteiger partial charge is 0.266 e. The predicted octanol–water partition coefficient (Wildman–Crippen LogP) is 7.14. The van der Waals surface area contributed by atoms with Gasteiger partial charge in [0.15, 0.2) is 0 Å². The normalized spacial score (nSPS) is 17.0. The van der Waals surface area contributed by atoms with E-state index in [1.807, 2.05) is 56.4 Å². The molecular weight excluding hydrogens is 566 g/mol.